The number of quaternary nitrogens is 1. The van der Waals surface area contributed by atoms with Crippen LogP contribution >= 0.6 is 0 Å². The van der Waals surface area contributed by atoms with Crippen LogP contribution in [0.15, 0.2) is 103 Å². The molecule has 2 nitrogen and oxygen atoms in total. The first-order valence-electron chi connectivity index (χ1n) is 11.2. The first kappa shape index (κ1) is 21.7. The van der Waals surface area contributed by atoms with Crippen molar-refractivity contribution in [3.8, 4) is 0 Å². The van der Waals surface area contributed by atoms with Gasteiger partial charge in [0.2, 0.25) is 0 Å². The fourth-order valence-corrected chi connectivity index (χ4v) is 4.56. The summed E-state index contributed by atoms with van der Waals surface area (Å²) in [6, 6.07) is 32.8. The molecule has 4 aromatic rings. The van der Waals surface area contributed by atoms with Crippen molar-refractivity contribution in [2.24, 2.45) is 0 Å². The molecular formula is C30H30NO+. The second-order valence-electron chi connectivity index (χ2n) is 8.58. The average Bonchev–Trinajstić information content (AvgIpc) is 2.84. The van der Waals surface area contributed by atoms with Crippen LogP contribution in [0.25, 0.3) is 16.8 Å². The summed E-state index contributed by atoms with van der Waals surface area (Å²) >= 11 is 0. The fraction of sp³-hybridized carbons (Fsp3) is 0.167. The predicted molar refractivity (Wildman–Crippen MR) is 134 cm³/mol. The van der Waals surface area contributed by atoms with Gasteiger partial charge in [0.25, 0.3) is 0 Å². The lowest BCUT2D eigenvalue weighted by atomic mass is 9.72. The van der Waals surface area contributed by atoms with Gasteiger partial charge in [-0.1, -0.05) is 104 Å². The number of hydrogen-bond donors (Lipinski definition) is 1. The summed E-state index contributed by atoms with van der Waals surface area (Å²) in [5.41, 5.74) is 4.04. The SMILES string of the molecule is C[NH2+]c1ccc2ccccc2c1C(C)(C/C=C/c1ccccc1)CC(=O)c1ccccc1. The number of allylic oxidation sites excluding steroid dienone is 1. The minimum atomic E-state index is -0.346. The van der Waals surface area contributed by atoms with Crippen LogP contribution in [0.4, 0.5) is 5.69 Å². The zero-order valence-corrected chi connectivity index (χ0v) is 18.8. The van der Waals surface area contributed by atoms with Gasteiger partial charge in [0.05, 0.1) is 7.05 Å². The van der Waals surface area contributed by atoms with Gasteiger partial charge < -0.3 is 5.32 Å². The van der Waals surface area contributed by atoms with Gasteiger partial charge in [-0.25, -0.2) is 0 Å². The lowest BCUT2D eigenvalue weighted by Crippen LogP contribution is -2.73. The fourth-order valence-electron chi connectivity index (χ4n) is 4.56. The van der Waals surface area contributed by atoms with Crippen molar-refractivity contribution in [3.63, 3.8) is 0 Å². The normalized spacial score (nSPS) is 13.3. The number of Topliss-reactive ketones (excluding diaryl/α,β-unsaturated/α-hetero) is 1. The number of carbonyl (C=O) groups excluding carboxylic acids is 1. The average molecular weight is 421 g/mol. The number of fused-ring (bicyclic) bond motifs is 1. The van der Waals surface area contributed by atoms with Gasteiger partial charge >= 0.3 is 0 Å². The van der Waals surface area contributed by atoms with E-state index in [4.69, 9.17) is 0 Å². The van der Waals surface area contributed by atoms with Gasteiger partial charge in [0.1, 0.15) is 5.69 Å². The summed E-state index contributed by atoms with van der Waals surface area (Å²) in [5, 5.41) is 4.59. The lowest BCUT2D eigenvalue weighted by Gasteiger charge is -2.31. The standard InChI is InChI=1S/C30H29NO/c1-30(21-11-14-23-12-5-3-6-13-23,22-28(32)25-16-7-4-8-17-25)29-26-18-10-9-15-24(26)19-20-27(29)31-2/h3-20,31H,21-22H2,1-2H3/p+1/b14-11+. The van der Waals surface area contributed by atoms with E-state index in [2.05, 4.69) is 80.0 Å². The minimum Gasteiger partial charge on any atom is -0.316 e. The van der Waals surface area contributed by atoms with Gasteiger partial charge in [-0.05, 0) is 34.9 Å². The Bertz CT molecular complexity index is 1230. The molecule has 0 aliphatic rings. The van der Waals surface area contributed by atoms with Crippen molar-refractivity contribution >= 4 is 28.3 Å². The van der Waals surface area contributed by atoms with E-state index in [1.807, 2.05) is 48.5 Å². The van der Waals surface area contributed by atoms with Gasteiger partial charge in [-0.2, -0.15) is 0 Å². The van der Waals surface area contributed by atoms with E-state index < -0.39 is 0 Å². The summed E-state index contributed by atoms with van der Waals surface area (Å²) in [6.45, 7) is 2.23. The second kappa shape index (κ2) is 9.76. The molecule has 0 saturated heterocycles. The molecule has 0 bridgehead atoms. The Morgan fingerprint density at radius 2 is 1.50 bits per heavy atom. The molecule has 2 heteroatoms. The molecule has 1 unspecified atom stereocenters. The number of benzene rings is 4. The molecule has 4 rings (SSSR count). The van der Waals surface area contributed by atoms with E-state index in [0.29, 0.717) is 6.42 Å². The quantitative estimate of drug-likeness (QED) is 0.263. The number of nitrogens with two attached hydrogens (primary N) is 1. The van der Waals surface area contributed by atoms with Gasteiger partial charge in [-0.15, -0.1) is 0 Å². The lowest BCUT2D eigenvalue weighted by molar-refractivity contribution is -0.540. The molecule has 0 saturated carbocycles. The van der Waals surface area contributed by atoms with Crippen LogP contribution in [0.5, 0.6) is 0 Å². The third kappa shape index (κ3) is 4.71. The number of rotatable bonds is 8. The molecule has 0 spiro atoms. The largest absolute Gasteiger partial charge is 0.316 e. The van der Waals surface area contributed by atoms with Crippen LogP contribution in [0.1, 0.15) is 41.3 Å². The molecule has 4 aromatic carbocycles. The molecule has 0 aromatic heterocycles. The van der Waals surface area contributed by atoms with Crippen molar-refractivity contribution in [1.29, 1.82) is 0 Å². The van der Waals surface area contributed by atoms with Crippen LogP contribution < -0.4 is 5.32 Å². The zero-order chi connectivity index (χ0) is 22.4. The van der Waals surface area contributed by atoms with E-state index >= 15 is 0 Å². The van der Waals surface area contributed by atoms with Gasteiger partial charge in [0, 0.05) is 23.0 Å². The summed E-state index contributed by atoms with van der Waals surface area (Å²) in [7, 11) is 2.08. The highest BCUT2D eigenvalue weighted by atomic mass is 16.1. The summed E-state index contributed by atoms with van der Waals surface area (Å²) in [5.74, 6) is 0.177. The molecule has 0 heterocycles. The van der Waals surface area contributed by atoms with E-state index in [9.17, 15) is 4.79 Å². The smallest absolute Gasteiger partial charge is 0.163 e. The Balaban J connectivity index is 1.79. The molecule has 0 fully saturated rings. The summed E-state index contributed by atoms with van der Waals surface area (Å²) < 4.78 is 0. The van der Waals surface area contributed by atoms with Crippen molar-refractivity contribution in [1.82, 2.24) is 0 Å². The number of carbonyl (C=O) groups is 1. The Labute approximate surface area is 190 Å². The topological polar surface area (TPSA) is 33.7 Å². The maximum absolute atomic E-state index is 13.4. The number of hydrogen-bond acceptors (Lipinski definition) is 1. The molecule has 1 atom stereocenters. The van der Waals surface area contributed by atoms with Gasteiger partial charge in [-0.3, -0.25) is 4.79 Å². The van der Waals surface area contributed by atoms with Crippen LogP contribution in [0.2, 0.25) is 0 Å². The highest BCUT2D eigenvalue weighted by Crippen LogP contribution is 2.41. The molecule has 0 radical (unpaired) electrons. The number of ketones is 1. The molecule has 0 aliphatic carbocycles. The second-order valence-corrected chi connectivity index (χ2v) is 8.58. The summed E-state index contributed by atoms with van der Waals surface area (Å²) in [6.07, 6.45) is 5.60. The first-order valence-corrected chi connectivity index (χ1v) is 11.2. The Morgan fingerprint density at radius 3 is 2.22 bits per heavy atom. The molecule has 0 amide bonds. The van der Waals surface area contributed by atoms with Crippen LogP contribution in [0.3, 0.4) is 0 Å². The van der Waals surface area contributed by atoms with Crippen molar-refractivity contribution in [2.75, 3.05) is 7.05 Å². The van der Waals surface area contributed by atoms with E-state index in [1.165, 1.54) is 27.6 Å². The Kier molecular flexibility index (Phi) is 6.63. The molecule has 32 heavy (non-hydrogen) atoms. The Hall–Kier alpha value is -3.49. The highest BCUT2D eigenvalue weighted by molar-refractivity contribution is 5.98. The third-order valence-electron chi connectivity index (χ3n) is 6.20. The third-order valence-corrected chi connectivity index (χ3v) is 6.20. The zero-order valence-electron chi connectivity index (χ0n) is 18.8. The van der Waals surface area contributed by atoms with Crippen LogP contribution in [-0.2, 0) is 5.41 Å². The molecule has 2 N–H and O–H groups in total. The van der Waals surface area contributed by atoms with Crippen LogP contribution in [0, 0.1) is 0 Å². The van der Waals surface area contributed by atoms with Gasteiger partial charge in [0.15, 0.2) is 5.78 Å². The van der Waals surface area contributed by atoms with Crippen molar-refractivity contribution < 1.29 is 10.1 Å². The molecular weight excluding hydrogens is 390 g/mol. The maximum atomic E-state index is 13.4. The minimum absolute atomic E-state index is 0.177. The Morgan fingerprint density at radius 1 is 0.844 bits per heavy atom. The van der Waals surface area contributed by atoms with Crippen molar-refractivity contribution in [3.05, 3.63) is 120 Å². The molecule has 0 aliphatic heterocycles. The van der Waals surface area contributed by atoms with E-state index in [1.54, 1.807) is 0 Å². The van der Waals surface area contributed by atoms with Crippen molar-refractivity contribution in [2.45, 2.75) is 25.2 Å². The van der Waals surface area contributed by atoms with Crippen LogP contribution in [-0.4, -0.2) is 12.8 Å². The maximum Gasteiger partial charge on any atom is 0.163 e. The summed E-state index contributed by atoms with van der Waals surface area (Å²) in [4.78, 5) is 13.4. The monoisotopic (exact) mass is 420 g/mol. The van der Waals surface area contributed by atoms with E-state index in [-0.39, 0.29) is 11.2 Å². The van der Waals surface area contributed by atoms with E-state index in [0.717, 1.165) is 12.0 Å². The highest BCUT2D eigenvalue weighted by Gasteiger charge is 2.34. The predicted octanol–water partition coefficient (Wildman–Crippen LogP) is 6.30. The first-order chi connectivity index (χ1) is 15.6. The molecule has 160 valence electrons.